The van der Waals surface area contributed by atoms with Gasteiger partial charge in [-0.05, 0) is 60.5 Å². The van der Waals surface area contributed by atoms with Gasteiger partial charge in [-0.3, -0.25) is 14.2 Å². The van der Waals surface area contributed by atoms with Crippen molar-refractivity contribution in [1.29, 1.82) is 0 Å². The van der Waals surface area contributed by atoms with E-state index >= 15 is 0 Å². The monoisotopic (exact) mass is 520 g/mol. The molecule has 0 aliphatic carbocycles. The number of aryl methyl sites for hydroxylation is 1. The zero-order valence-electron chi connectivity index (χ0n) is 20.0. The van der Waals surface area contributed by atoms with Gasteiger partial charge in [0.15, 0.2) is 11.4 Å². The normalized spacial score (nSPS) is 10.7. The van der Waals surface area contributed by atoms with Crippen LogP contribution in [0.2, 0.25) is 0 Å². The molecular formula is C28H23ClF2N4O2. The van der Waals surface area contributed by atoms with Gasteiger partial charge < -0.3 is 10.1 Å². The number of rotatable bonds is 6. The highest BCUT2D eigenvalue weighted by atomic mass is 35.5. The highest BCUT2D eigenvalue weighted by molar-refractivity contribution is 5.92. The summed E-state index contributed by atoms with van der Waals surface area (Å²) in [5.74, 6) is -0.506. The molecular weight excluding hydrogens is 498 g/mol. The van der Waals surface area contributed by atoms with Crippen molar-refractivity contribution in [1.82, 2.24) is 19.7 Å². The van der Waals surface area contributed by atoms with Gasteiger partial charge in [-0.1, -0.05) is 24.3 Å². The highest BCUT2D eigenvalue weighted by Crippen LogP contribution is 2.30. The fourth-order valence-electron chi connectivity index (χ4n) is 4.05. The summed E-state index contributed by atoms with van der Waals surface area (Å²) in [7, 11) is 1.56. The molecule has 0 aliphatic heterocycles. The molecule has 37 heavy (non-hydrogen) atoms. The zero-order chi connectivity index (χ0) is 25.2. The van der Waals surface area contributed by atoms with Crippen molar-refractivity contribution in [2.24, 2.45) is 0 Å². The molecule has 0 aliphatic rings. The molecule has 9 heteroatoms. The molecule has 1 amide bonds. The van der Waals surface area contributed by atoms with E-state index in [0.717, 1.165) is 22.5 Å². The number of halogens is 3. The summed E-state index contributed by atoms with van der Waals surface area (Å²) < 4.78 is 35.9. The van der Waals surface area contributed by atoms with Gasteiger partial charge in [0.2, 0.25) is 0 Å². The number of ether oxygens (including phenoxy) is 1. The van der Waals surface area contributed by atoms with Crippen LogP contribution in [0.4, 0.5) is 8.78 Å². The van der Waals surface area contributed by atoms with E-state index in [4.69, 9.17) is 4.74 Å². The third kappa shape index (κ3) is 5.15. The number of carbonyl (C=O) groups is 1. The van der Waals surface area contributed by atoms with Crippen LogP contribution in [0.15, 0.2) is 79.1 Å². The second-order valence-corrected chi connectivity index (χ2v) is 8.22. The molecule has 0 saturated carbocycles. The predicted molar refractivity (Wildman–Crippen MR) is 140 cm³/mol. The van der Waals surface area contributed by atoms with Crippen LogP contribution >= 0.6 is 12.4 Å². The van der Waals surface area contributed by atoms with Gasteiger partial charge in [-0.25, -0.2) is 13.8 Å². The minimum Gasteiger partial charge on any atom is -0.485 e. The molecule has 0 radical (unpaired) electrons. The molecule has 0 unspecified atom stereocenters. The molecule has 0 atom stereocenters. The van der Waals surface area contributed by atoms with E-state index in [2.05, 4.69) is 15.3 Å². The lowest BCUT2D eigenvalue weighted by atomic mass is 10.0. The molecule has 3 aromatic heterocycles. The Morgan fingerprint density at radius 2 is 1.73 bits per heavy atom. The molecule has 3 heterocycles. The lowest BCUT2D eigenvalue weighted by Gasteiger charge is -2.10. The average molecular weight is 521 g/mol. The third-order valence-corrected chi connectivity index (χ3v) is 5.90. The first-order valence-corrected chi connectivity index (χ1v) is 11.3. The van der Waals surface area contributed by atoms with Crippen molar-refractivity contribution in [2.75, 3.05) is 7.05 Å². The molecule has 5 rings (SSSR count). The van der Waals surface area contributed by atoms with Crippen LogP contribution in [0.1, 0.15) is 21.7 Å². The van der Waals surface area contributed by atoms with Gasteiger partial charge in [0.05, 0.1) is 11.4 Å². The molecule has 1 N–H and O–H groups in total. The number of nitrogens with zero attached hydrogens (tertiary/aromatic N) is 3. The number of nitrogens with one attached hydrogen (secondary N) is 1. The second kappa shape index (κ2) is 10.8. The number of aromatic nitrogens is 3. The van der Waals surface area contributed by atoms with E-state index in [1.165, 1.54) is 18.2 Å². The molecule has 5 aromatic rings. The van der Waals surface area contributed by atoms with Gasteiger partial charge in [-0.15, -0.1) is 12.4 Å². The fourth-order valence-corrected chi connectivity index (χ4v) is 4.05. The van der Waals surface area contributed by atoms with E-state index in [1.807, 2.05) is 29.7 Å². The van der Waals surface area contributed by atoms with Crippen molar-refractivity contribution < 1.29 is 18.3 Å². The molecule has 6 nitrogen and oxygen atoms in total. The summed E-state index contributed by atoms with van der Waals surface area (Å²) in [6, 6.07) is 17.9. The van der Waals surface area contributed by atoms with Gasteiger partial charge >= 0.3 is 0 Å². The lowest BCUT2D eigenvalue weighted by molar-refractivity contribution is 0.0958. The summed E-state index contributed by atoms with van der Waals surface area (Å²) in [5, 5.41) is 2.55. The van der Waals surface area contributed by atoms with Gasteiger partial charge in [0.25, 0.3) is 5.91 Å². The first-order chi connectivity index (χ1) is 17.4. The molecule has 0 spiro atoms. The second-order valence-electron chi connectivity index (χ2n) is 8.22. The van der Waals surface area contributed by atoms with Crippen molar-refractivity contribution in [3.05, 3.63) is 108 Å². The van der Waals surface area contributed by atoms with Gasteiger partial charge in [0.1, 0.15) is 23.9 Å². The summed E-state index contributed by atoms with van der Waals surface area (Å²) in [5.41, 5.74) is 5.06. The van der Waals surface area contributed by atoms with Crippen LogP contribution in [-0.4, -0.2) is 27.3 Å². The van der Waals surface area contributed by atoms with Crippen LogP contribution in [0.25, 0.3) is 28.0 Å². The Bertz CT molecular complexity index is 1570. The summed E-state index contributed by atoms with van der Waals surface area (Å²) in [6.45, 7) is 1.89. The summed E-state index contributed by atoms with van der Waals surface area (Å²) in [4.78, 5) is 20.7. The van der Waals surface area contributed by atoms with Crippen LogP contribution < -0.4 is 10.1 Å². The minimum atomic E-state index is -0.411. The Kier molecular flexibility index (Phi) is 7.50. The smallest absolute Gasteiger partial charge is 0.269 e. The topological polar surface area (TPSA) is 68.5 Å². The quantitative estimate of drug-likeness (QED) is 0.298. The molecule has 0 fully saturated rings. The van der Waals surface area contributed by atoms with E-state index in [-0.39, 0.29) is 30.7 Å². The van der Waals surface area contributed by atoms with Crippen molar-refractivity contribution in [3.63, 3.8) is 0 Å². The van der Waals surface area contributed by atoms with E-state index < -0.39 is 5.82 Å². The predicted octanol–water partition coefficient (Wildman–Crippen LogP) is 6.01. The van der Waals surface area contributed by atoms with Crippen LogP contribution in [0, 0.1) is 18.6 Å². The zero-order valence-corrected chi connectivity index (χ0v) is 20.9. The summed E-state index contributed by atoms with van der Waals surface area (Å²) in [6.07, 6.45) is 3.49. The first kappa shape index (κ1) is 25.8. The maximum Gasteiger partial charge on any atom is 0.269 e. The van der Waals surface area contributed by atoms with Crippen LogP contribution in [-0.2, 0) is 6.61 Å². The van der Waals surface area contributed by atoms with Crippen LogP contribution in [0.3, 0.4) is 0 Å². The van der Waals surface area contributed by atoms with Gasteiger partial charge in [-0.2, -0.15) is 0 Å². The fraction of sp³-hybridized carbons (Fsp3) is 0.107. The number of fused-ring (bicyclic) bond motifs is 1. The average Bonchev–Trinajstić information content (AvgIpc) is 3.24. The largest absolute Gasteiger partial charge is 0.485 e. The maximum absolute atomic E-state index is 14.8. The molecule has 188 valence electrons. The highest BCUT2D eigenvalue weighted by Gasteiger charge is 2.16. The van der Waals surface area contributed by atoms with Crippen molar-refractivity contribution in [3.8, 4) is 28.1 Å². The third-order valence-electron chi connectivity index (χ3n) is 5.90. The standard InChI is InChI=1S/C28H22F2N4O2.ClH/c1-17-26(20-9-12-24(32-15-20)28(35)31-2)34-13-3-4-25(27(34)33-17)36-16-21-6-5-19(14-23(21)30)18-7-10-22(29)11-8-18;/h3-15H,16H2,1-2H3,(H,31,35);1H. The lowest BCUT2D eigenvalue weighted by Crippen LogP contribution is -2.18. The number of hydrogen-bond acceptors (Lipinski definition) is 4. The Hall–Kier alpha value is -4.30. The van der Waals surface area contributed by atoms with Crippen LogP contribution in [0.5, 0.6) is 5.75 Å². The molecule has 0 saturated heterocycles. The number of carbonyl (C=O) groups excluding carboxylic acids is 1. The van der Waals surface area contributed by atoms with Crippen molar-refractivity contribution in [2.45, 2.75) is 13.5 Å². The number of amides is 1. The molecule has 2 aromatic carbocycles. The number of hydrogen-bond donors (Lipinski definition) is 1. The van der Waals surface area contributed by atoms with E-state index in [0.29, 0.717) is 28.2 Å². The minimum absolute atomic E-state index is 0. The number of benzene rings is 2. The number of pyridine rings is 2. The van der Waals surface area contributed by atoms with Gasteiger partial charge in [0, 0.05) is 30.6 Å². The van der Waals surface area contributed by atoms with E-state index in [1.54, 1.807) is 49.6 Å². The first-order valence-electron chi connectivity index (χ1n) is 11.3. The Morgan fingerprint density at radius 3 is 2.41 bits per heavy atom. The van der Waals surface area contributed by atoms with Crippen molar-refractivity contribution >= 4 is 24.0 Å². The number of imidazole rings is 1. The molecule has 0 bridgehead atoms. The SMILES string of the molecule is CNC(=O)c1ccc(-c2c(C)nc3c(OCc4ccc(-c5ccc(F)cc5)cc4F)cccn23)cn1.Cl. The van der Waals surface area contributed by atoms with E-state index in [9.17, 15) is 13.6 Å². The Labute approximate surface area is 218 Å². The summed E-state index contributed by atoms with van der Waals surface area (Å²) >= 11 is 0. The Balaban J connectivity index is 0.00000320. The Morgan fingerprint density at radius 1 is 1.00 bits per heavy atom. The maximum atomic E-state index is 14.8.